The smallest absolute Gasteiger partial charge is 0.154 e. The van der Waals surface area contributed by atoms with Crippen LogP contribution < -0.4 is 16.0 Å². The summed E-state index contributed by atoms with van der Waals surface area (Å²) in [6, 6.07) is 1.44. The first kappa shape index (κ1) is 15.7. The summed E-state index contributed by atoms with van der Waals surface area (Å²) in [5.74, 6) is 2.56. The van der Waals surface area contributed by atoms with Crippen molar-refractivity contribution in [2.24, 2.45) is 23.7 Å². The molecule has 3 aliphatic heterocycles. The van der Waals surface area contributed by atoms with Crippen LogP contribution in [0.5, 0.6) is 0 Å². The van der Waals surface area contributed by atoms with Crippen molar-refractivity contribution in [3.05, 3.63) is 0 Å². The fraction of sp³-hybridized carbons (Fsp3) is 0.947. The van der Waals surface area contributed by atoms with Crippen LogP contribution in [0.15, 0.2) is 0 Å². The molecular weight excluding hydrogens is 302 g/mol. The molecule has 5 rings (SSSR count). The van der Waals surface area contributed by atoms with Gasteiger partial charge in [0.15, 0.2) is 5.78 Å². The Bertz CT molecular complexity index is 513. The maximum atomic E-state index is 13.3. The maximum absolute atomic E-state index is 13.3. The summed E-state index contributed by atoms with van der Waals surface area (Å²) in [5, 5.41) is 11.3. The number of ketones is 1. The second-order valence-corrected chi connectivity index (χ2v) is 8.73. The van der Waals surface area contributed by atoms with Gasteiger partial charge < -0.3 is 20.7 Å². The van der Waals surface area contributed by atoms with Gasteiger partial charge in [-0.3, -0.25) is 4.79 Å². The molecule has 0 aromatic rings. The molecule has 5 aliphatic rings. The van der Waals surface area contributed by atoms with Gasteiger partial charge in [-0.05, 0) is 63.5 Å². The fourth-order valence-electron chi connectivity index (χ4n) is 6.84. The van der Waals surface area contributed by atoms with Crippen LogP contribution in [0.25, 0.3) is 0 Å². The third-order valence-electron chi connectivity index (χ3n) is 7.84. The van der Waals surface area contributed by atoms with Gasteiger partial charge in [0.2, 0.25) is 0 Å². The standard InChI is InChI=1S/C19H31N3O2/c1-24-10-4-5-14-13(9-10)11-6-8-21-17-15(11)18(22-14)19(23)12-3-2-7-20-16(12)17/h10-18,20-22H,2-9H2,1H3. The lowest BCUT2D eigenvalue weighted by Crippen LogP contribution is -2.76. The van der Waals surface area contributed by atoms with Crippen molar-refractivity contribution < 1.29 is 9.53 Å². The first-order chi connectivity index (χ1) is 11.8. The maximum Gasteiger partial charge on any atom is 0.154 e. The van der Waals surface area contributed by atoms with Crippen molar-refractivity contribution in [1.29, 1.82) is 0 Å². The lowest BCUT2D eigenvalue weighted by molar-refractivity contribution is -0.142. The second kappa shape index (κ2) is 6.04. The summed E-state index contributed by atoms with van der Waals surface area (Å²) < 4.78 is 5.70. The zero-order chi connectivity index (χ0) is 16.3. The summed E-state index contributed by atoms with van der Waals surface area (Å²) in [5.41, 5.74) is 0. The number of methoxy groups -OCH3 is 1. The Balaban J connectivity index is 1.47. The van der Waals surface area contributed by atoms with E-state index in [0.29, 0.717) is 47.8 Å². The van der Waals surface area contributed by atoms with Gasteiger partial charge in [0.05, 0.1) is 12.1 Å². The molecule has 5 nitrogen and oxygen atoms in total. The highest BCUT2D eigenvalue weighted by molar-refractivity contribution is 5.89. The minimum Gasteiger partial charge on any atom is -0.381 e. The molecule has 3 heterocycles. The number of ether oxygens (including phenoxy) is 1. The van der Waals surface area contributed by atoms with E-state index in [4.69, 9.17) is 4.74 Å². The molecule has 2 aliphatic carbocycles. The van der Waals surface area contributed by atoms with Gasteiger partial charge in [-0.1, -0.05) is 0 Å². The largest absolute Gasteiger partial charge is 0.381 e. The van der Waals surface area contributed by atoms with Crippen LogP contribution in [0, 0.1) is 23.7 Å². The summed E-state index contributed by atoms with van der Waals surface area (Å²) in [7, 11) is 1.86. The molecule has 5 heteroatoms. The molecular formula is C19H31N3O2. The SMILES string of the molecule is COC1CCC2NC3C(=O)C4CCCNC4C4NCCC(C2C1)C34. The Labute approximate surface area is 144 Å². The zero-order valence-electron chi connectivity index (χ0n) is 14.7. The Morgan fingerprint density at radius 1 is 1.00 bits per heavy atom. The molecule has 0 amide bonds. The van der Waals surface area contributed by atoms with Crippen LogP contribution >= 0.6 is 0 Å². The minimum atomic E-state index is 0.0919. The Morgan fingerprint density at radius 3 is 2.75 bits per heavy atom. The number of nitrogens with one attached hydrogen (secondary N) is 3. The molecule has 0 bridgehead atoms. The summed E-state index contributed by atoms with van der Waals surface area (Å²) >= 11 is 0. The number of piperidine rings is 3. The average Bonchev–Trinajstić information content (AvgIpc) is 2.65. The number of hydrogen-bond donors (Lipinski definition) is 3. The van der Waals surface area contributed by atoms with Crippen molar-refractivity contribution >= 4 is 5.78 Å². The number of hydrogen-bond acceptors (Lipinski definition) is 5. The highest BCUT2D eigenvalue weighted by Crippen LogP contribution is 2.48. The van der Waals surface area contributed by atoms with Gasteiger partial charge in [0.1, 0.15) is 0 Å². The summed E-state index contributed by atoms with van der Waals surface area (Å²) in [6.07, 6.45) is 7.33. The van der Waals surface area contributed by atoms with Crippen molar-refractivity contribution in [2.45, 2.75) is 68.8 Å². The number of carbonyl (C=O) groups excluding carboxylic acids is 1. The Morgan fingerprint density at radius 2 is 1.88 bits per heavy atom. The van der Waals surface area contributed by atoms with Gasteiger partial charge in [-0.25, -0.2) is 0 Å². The molecule has 0 aromatic carbocycles. The zero-order valence-corrected chi connectivity index (χ0v) is 14.7. The van der Waals surface area contributed by atoms with Crippen LogP contribution in [0.4, 0.5) is 0 Å². The highest BCUT2D eigenvalue weighted by atomic mass is 16.5. The lowest BCUT2D eigenvalue weighted by Gasteiger charge is -2.60. The van der Waals surface area contributed by atoms with Crippen molar-refractivity contribution in [3.8, 4) is 0 Å². The topological polar surface area (TPSA) is 62.4 Å². The number of carbonyl (C=O) groups is 1. The third kappa shape index (κ3) is 2.24. The first-order valence-electron chi connectivity index (χ1n) is 10.1. The number of rotatable bonds is 1. The monoisotopic (exact) mass is 333 g/mol. The molecule has 0 radical (unpaired) electrons. The van der Waals surface area contributed by atoms with Crippen molar-refractivity contribution in [2.75, 3.05) is 20.2 Å². The molecule has 5 fully saturated rings. The van der Waals surface area contributed by atoms with E-state index in [-0.39, 0.29) is 12.0 Å². The first-order valence-corrected chi connectivity index (χ1v) is 10.1. The van der Waals surface area contributed by atoms with E-state index >= 15 is 0 Å². The normalized spacial score (nSPS) is 53.7. The molecule has 9 atom stereocenters. The van der Waals surface area contributed by atoms with Gasteiger partial charge >= 0.3 is 0 Å². The molecule has 0 spiro atoms. The van der Waals surface area contributed by atoms with Crippen LogP contribution in [0.2, 0.25) is 0 Å². The third-order valence-corrected chi connectivity index (χ3v) is 7.84. The van der Waals surface area contributed by atoms with Crippen molar-refractivity contribution in [3.63, 3.8) is 0 Å². The summed E-state index contributed by atoms with van der Waals surface area (Å²) in [4.78, 5) is 13.3. The Kier molecular flexibility index (Phi) is 3.96. The average molecular weight is 333 g/mol. The highest BCUT2D eigenvalue weighted by Gasteiger charge is 2.59. The second-order valence-electron chi connectivity index (χ2n) is 8.73. The molecule has 134 valence electrons. The minimum absolute atomic E-state index is 0.0919. The molecule has 3 N–H and O–H groups in total. The van der Waals surface area contributed by atoms with Gasteiger partial charge in [-0.15, -0.1) is 0 Å². The van der Waals surface area contributed by atoms with Crippen molar-refractivity contribution in [1.82, 2.24) is 16.0 Å². The van der Waals surface area contributed by atoms with E-state index in [9.17, 15) is 4.79 Å². The summed E-state index contributed by atoms with van der Waals surface area (Å²) in [6.45, 7) is 2.18. The van der Waals surface area contributed by atoms with Crippen LogP contribution in [-0.2, 0) is 9.53 Å². The van der Waals surface area contributed by atoms with Gasteiger partial charge in [-0.2, -0.15) is 0 Å². The van der Waals surface area contributed by atoms with E-state index < -0.39 is 0 Å². The van der Waals surface area contributed by atoms with Crippen LogP contribution in [-0.4, -0.2) is 56.3 Å². The molecule has 3 saturated heterocycles. The number of Topliss-reactive ketones (excluding diaryl/α,β-unsaturated/α-hetero) is 1. The van der Waals surface area contributed by atoms with E-state index in [2.05, 4.69) is 16.0 Å². The lowest BCUT2D eigenvalue weighted by atomic mass is 9.55. The molecule has 2 saturated carbocycles. The van der Waals surface area contributed by atoms with Crippen LogP contribution in [0.3, 0.4) is 0 Å². The Hall–Kier alpha value is -0.490. The predicted molar refractivity (Wildman–Crippen MR) is 91.8 cm³/mol. The van der Waals surface area contributed by atoms with Gasteiger partial charge in [0, 0.05) is 37.1 Å². The molecule has 0 aromatic heterocycles. The van der Waals surface area contributed by atoms with E-state index in [1.165, 1.54) is 19.3 Å². The molecule has 9 unspecified atom stereocenters. The van der Waals surface area contributed by atoms with E-state index in [1.54, 1.807) is 0 Å². The number of fused-ring (bicyclic) bond motifs is 4. The van der Waals surface area contributed by atoms with Gasteiger partial charge in [0.25, 0.3) is 0 Å². The predicted octanol–water partition coefficient (Wildman–Crippen LogP) is 0.687. The molecule has 24 heavy (non-hydrogen) atoms. The van der Waals surface area contributed by atoms with E-state index in [1.807, 2.05) is 7.11 Å². The fourth-order valence-corrected chi connectivity index (χ4v) is 6.84. The van der Waals surface area contributed by atoms with Crippen LogP contribution in [0.1, 0.15) is 38.5 Å². The van der Waals surface area contributed by atoms with E-state index in [0.717, 1.165) is 32.4 Å². The quantitative estimate of drug-likeness (QED) is 0.659.